The zero-order chi connectivity index (χ0) is 16.5. The molecule has 128 valence electrons. The molecule has 1 aliphatic carbocycles. The molecule has 0 unspecified atom stereocenters. The topological polar surface area (TPSA) is 63.3 Å². The Hall–Kier alpha value is -2.08. The van der Waals surface area contributed by atoms with Crippen molar-refractivity contribution < 1.29 is 9.21 Å². The van der Waals surface area contributed by atoms with Crippen molar-refractivity contribution in [3.8, 4) is 0 Å². The summed E-state index contributed by atoms with van der Waals surface area (Å²) in [5, 5.41) is 7.69. The summed E-state index contributed by atoms with van der Waals surface area (Å²) >= 11 is 0. The fourth-order valence-electron chi connectivity index (χ4n) is 3.91. The van der Waals surface area contributed by atoms with Crippen LogP contribution in [-0.4, -0.2) is 33.2 Å². The third-order valence-electron chi connectivity index (χ3n) is 5.19. The van der Waals surface area contributed by atoms with Crippen LogP contribution in [0.4, 0.5) is 0 Å². The number of aryl methyl sites for hydroxylation is 1. The molecule has 2 aromatic rings. The van der Waals surface area contributed by atoms with E-state index in [1.807, 2.05) is 23.9 Å². The molecule has 1 amide bonds. The van der Waals surface area contributed by atoms with Gasteiger partial charge in [-0.1, -0.05) is 12.8 Å². The van der Waals surface area contributed by atoms with Gasteiger partial charge in [-0.3, -0.25) is 14.4 Å². The molecule has 3 heterocycles. The number of carbonyl (C=O) groups is 1. The second-order valence-electron chi connectivity index (χ2n) is 6.89. The van der Waals surface area contributed by atoms with Gasteiger partial charge in [0.25, 0.3) is 5.91 Å². The maximum absolute atomic E-state index is 12.7. The molecule has 0 aromatic carbocycles. The second kappa shape index (κ2) is 6.43. The van der Waals surface area contributed by atoms with E-state index in [-0.39, 0.29) is 5.91 Å². The number of aromatic nitrogens is 2. The summed E-state index contributed by atoms with van der Waals surface area (Å²) in [6.07, 6.45) is 7.21. The third-order valence-corrected chi connectivity index (χ3v) is 5.19. The van der Waals surface area contributed by atoms with E-state index in [1.54, 1.807) is 6.26 Å². The Kier molecular flexibility index (Phi) is 4.14. The molecule has 6 nitrogen and oxygen atoms in total. The molecular formula is C18H24N4O2. The average Bonchev–Trinajstić information content (AvgIpc) is 3.30. The highest BCUT2D eigenvalue weighted by molar-refractivity contribution is 5.94. The largest absolute Gasteiger partial charge is 0.468 e. The number of rotatable bonds is 4. The van der Waals surface area contributed by atoms with E-state index in [2.05, 4.69) is 15.3 Å². The summed E-state index contributed by atoms with van der Waals surface area (Å²) in [4.78, 5) is 15.0. The van der Waals surface area contributed by atoms with Crippen molar-refractivity contribution in [2.75, 3.05) is 6.54 Å². The molecule has 1 saturated carbocycles. The van der Waals surface area contributed by atoms with Crippen LogP contribution in [0.2, 0.25) is 0 Å². The van der Waals surface area contributed by atoms with Crippen molar-refractivity contribution >= 4 is 5.91 Å². The summed E-state index contributed by atoms with van der Waals surface area (Å²) in [7, 11) is 1.94. The van der Waals surface area contributed by atoms with Gasteiger partial charge in [-0.2, -0.15) is 5.10 Å². The van der Waals surface area contributed by atoms with E-state index in [9.17, 15) is 4.79 Å². The van der Waals surface area contributed by atoms with Crippen molar-refractivity contribution in [1.82, 2.24) is 20.0 Å². The van der Waals surface area contributed by atoms with Crippen molar-refractivity contribution in [2.24, 2.45) is 7.05 Å². The predicted octanol–water partition coefficient (Wildman–Crippen LogP) is 2.24. The number of fused-ring (bicyclic) bond motifs is 1. The number of amides is 1. The molecule has 0 atom stereocenters. The van der Waals surface area contributed by atoms with Gasteiger partial charge in [0, 0.05) is 43.9 Å². The fourth-order valence-corrected chi connectivity index (χ4v) is 3.91. The normalized spacial score (nSPS) is 18.7. The van der Waals surface area contributed by atoms with Crippen LogP contribution in [0.5, 0.6) is 0 Å². The summed E-state index contributed by atoms with van der Waals surface area (Å²) in [6, 6.07) is 4.22. The van der Waals surface area contributed by atoms with Crippen LogP contribution in [0, 0.1) is 0 Å². The Labute approximate surface area is 141 Å². The van der Waals surface area contributed by atoms with Crippen molar-refractivity contribution in [2.45, 2.75) is 51.2 Å². The lowest BCUT2D eigenvalue weighted by atomic mass is 10.0. The Morgan fingerprint density at radius 1 is 1.42 bits per heavy atom. The Balaban J connectivity index is 1.51. The fraction of sp³-hybridized carbons (Fsp3) is 0.556. The lowest BCUT2D eigenvalue weighted by Crippen LogP contribution is -2.35. The monoisotopic (exact) mass is 328 g/mol. The summed E-state index contributed by atoms with van der Waals surface area (Å²) in [5.41, 5.74) is 2.86. The first-order valence-electron chi connectivity index (χ1n) is 8.81. The van der Waals surface area contributed by atoms with Crippen molar-refractivity contribution in [1.29, 1.82) is 0 Å². The molecule has 6 heteroatoms. The van der Waals surface area contributed by atoms with E-state index in [4.69, 9.17) is 4.42 Å². The molecule has 1 N–H and O–H groups in total. The van der Waals surface area contributed by atoms with Crippen molar-refractivity contribution in [3.05, 3.63) is 41.1 Å². The van der Waals surface area contributed by atoms with Gasteiger partial charge < -0.3 is 9.73 Å². The van der Waals surface area contributed by atoms with Crippen LogP contribution in [0.1, 0.15) is 53.2 Å². The van der Waals surface area contributed by atoms with Gasteiger partial charge in [0.1, 0.15) is 5.76 Å². The zero-order valence-corrected chi connectivity index (χ0v) is 14.1. The van der Waals surface area contributed by atoms with Crippen LogP contribution in [0.3, 0.4) is 0 Å². The van der Waals surface area contributed by atoms with E-state index in [0.717, 1.165) is 50.2 Å². The van der Waals surface area contributed by atoms with E-state index in [0.29, 0.717) is 11.7 Å². The van der Waals surface area contributed by atoms with Gasteiger partial charge in [0.2, 0.25) is 0 Å². The van der Waals surface area contributed by atoms with Gasteiger partial charge in [0.15, 0.2) is 5.69 Å². The number of carbonyl (C=O) groups excluding carboxylic acids is 1. The first kappa shape index (κ1) is 15.4. The van der Waals surface area contributed by atoms with E-state index >= 15 is 0 Å². The summed E-state index contributed by atoms with van der Waals surface area (Å²) in [6.45, 7) is 2.47. The van der Waals surface area contributed by atoms with Crippen LogP contribution >= 0.6 is 0 Å². The standard InChI is InChI=1S/C18H24N4O2/c1-21-16-8-9-22(11-14-7-4-10-24-14)12-15(16)17(20-21)18(23)19-13-5-2-3-6-13/h4,7,10,13H,2-3,5-6,8-9,11-12H2,1H3,(H,19,23). The molecule has 2 aliphatic rings. The van der Waals surface area contributed by atoms with Crippen molar-refractivity contribution in [3.63, 3.8) is 0 Å². The lowest BCUT2D eigenvalue weighted by molar-refractivity contribution is 0.0929. The molecule has 0 spiro atoms. The SMILES string of the molecule is Cn1nc(C(=O)NC2CCCC2)c2c1CCN(Cc1ccco1)C2. The summed E-state index contributed by atoms with van der Waals surface area (Å²) < 4.78 is 7.33. The first-order chi connectivity index (χ1) is 11.7. The Morgan fingerprint density at radius 3 is 3.00 bits per heavy atom. The number of hydrogen-bond donors (Lipinski definition) is 1. The maximum atomic E-state index is 12.7. The Bertz CT molecular complexity index is 714. The quantitative estimate of drug-likeness (QED) is 0.935. The lowest BCUT2D eigenvalue weighted by Gasteiger charge is -2.26. The minimum Gasteiger partial charge on any atom is -0.468 e. The second-order valence-corrected chi connectivity index (χ2v) is 6.89. The molecule has 0 radical (unpaired) electrons. The highest BCUT2D eigenvalue weighted by Gasteiger charge is 2.28. The molecular weight excluding hydrogens is 304 g/mol. The van der Waals surface area contributed by atoms with Gasteiger partial charge in [-0.25, -0.2) is 0 Å². The van der Waals surface area contributed by atoms with Crippen LogP contribution in [0.25, 0.3) is 0 Å². The van der Waals surface area contributed by atoms with Gasteiger partial charge in [0.05, 0.1) is 12.8 Å². The van der Waals surface area contributed by atoms with Crippen LogP contribution in [0.15, 0.2) is 22.8 Å². The van der Waals surface area contributed by atoms with Gasteiger partial charge in [-0.15, -0.1) is 0 Å². The molecule has 1 aliphatic heterocycles. The summed E-state index contributed by atoms with van der Waals surface area (Å²) in [5.74, 6) is 0.942. The zero-order valence-electron chi connectivity index (χ0n) is 14.1. The molecule has 4 rings (SSSR count). The van der Waals surface area contributed by atoms with Gasteiger partial charge in [-0.05, 0) is 25.0 Å². The predicted molar refractivity (Wildman–Crippen MR) is 89.5 cm³/mol. The molecule has 1 fully saturated rings. The number of furan rings is 1. The van der Waals surface area contributed by atoms with Crippen LogP contribution in [-0.2, 0) is 26.6 Å². The molecule has 2 aromatic heterocycles. The van der Waals surface area contributed by atoms with E-state index in [1.165, 1.54) is 18.5 Å². The minimum absolute atomic E-state index is 0.0152. The smallest absolute Gasteiger partial charge is 0.272 e. The number of hydrogen-bond acceptors (Lipinski definition) is 4. The van der Waals surface area contributed by atoms with Gasteiger partial charge >= 0.3 is 0 Å². The molecule has 0 saturated heterocycles. The highest BCUT2D eigenvalue weighted by atomic mass is 16.3. The first-order valence-corrected chi connectivity index (χ1v) is 8.81. The van der Waals surface area contributed by atoms with E-state index < -0.39 is 0 Å². The third kappa shape index (κ3) is 2.98. The van der Waals surface area contributed by atoms with Crippen LogP contribution < -0.4 is 5.32 Å². The minimum atomic E-state index is -0.0152. The highest BCUT2D eigenvalue weighted by Crippen LogP contribution is 2.24. The number of nitrogens with one attached hydrogen (secondary N) is 1. The molecule has 24 heavy (non-hydrogen) atoms. The molecule has 0 bridgehead atoms. The Morgan fingerprint density at radius 2 is 2.25 bits per heavy atom. The average molecular weight is 328 g/mol. The number of nitrogens with zero attached hydrogens (tertiary/aromatic N) is 3. The maximum Gasteiger partial charge on any atom is 0.272 e.